The number of rotatable bonds is 5. The van der Waals surface area contributed by atoms with Gasteiger partial charge in [-0.1, -0.05) is 19.3 Å². The zero-order valence-corrected chi connectivity index (χ0v) is 16.9. The van der Waals surface area contributed by atoms with E-state index in [0.29, 0.717) is 24.2 Å². The first-order chi connectivity index (χ1) is 13.6. The van der Waals surface area contributed by atoms with Crippen molar-refractivity contribution >= 4 is 11.9 Å². The van der Waals surface area contributed by atoms with Crippen molar-refractivity contribution in [2.45, 2.75) is 57.4 Å². The number of aromatic amines is 1. The zero-order valence-electron chi connectivity index (χ0n) is 16.9. The van der Waals surface area contributed by atoms with Gasteiger partial charge in [0.2, 0.25) is 11.9 Å². The molecule has 7 nitrogen and oxygen atoms in total. The average Bonchev–Trinajstić information content (AvgIpc) is 3.38. The number of hydrogen-bond donors (Lipinski definition) is 1. The van der Waals surface area contributed by atoms with E-state index in [1.54, 1.807) is 6.20 Å². The number of anilines is 1. The maximum atomic E-state index is 13.1. The van der Waals surface area contributed by atoms with E-state index in [1.807, 2.05) is 31.3 Å². The average molecular weight is 383 g/mol. The monoisotopic (exact) mass is 382 g/mol. The van der Waals surface area contributed by atoms with Gasteiger partial charge in [0.05, 0.1) is 23.6 Å². The van der Waals surface area contributed by atoms with Crippen molar-refractivity contribution in [2.24, 2.45) is 5.92 Å². The van der Waals surface area contributed by atoms with Crippen LogP contribution in [0.25, 0.3) is 11.3 Å². The van der Waals surface area contributed by atoms with Crippen LogP contribution < -0.4 is 4.90 Å². The molecule has 0 bridgehead atoms. The molecule has 1 unspecified atom stereocenters. The predicted octanol–water partition coefficient (Wildman–Crippen LogP) is 3.57. The van der Waals surface area contributed by atoms with Crippen molar-refractivity contribution in [3.63, 3.8) is 0 Å². The van der Waals surface area contributed by atoms with Gasteiger partial charge in [-0.15, -0.1) is 0 Å². The number of carbonyl (C=O) groups is 1. The third-order valence-corrected chi connectivity index (χ3v) is 6.08. The van der Waals surface area contributed by atoms with E-state index in [2.05, 4.69) is 25.1 Å². The van der Waals surface area contributed by atoms with Gasteiger partial charge in [-0.05, 0) is 37.7 Å². The molecule has 0 radical (unpaired) electrons. The first-order valence-electron chi connectivity index (χ1n) is 10.5. The van der Waals surface area contributed by atoms with Gasteiger partial charge in [-0.3, -0.25) is 9.89 Å². The van der Waals surface area contributed by atoms with Gasteiger partial charge < -0.3 is 9.80 Å². The minimum Gasteiger partial charge on any atom is -0.347 e. The Morgan fingerprint density at radius 1 is 1.21 bits per heavy atom. The minimum atomic E-state index is 0.0614. The van der Waals surface area contributed by atoms with Gasteiger partial charge in [-0.25, -0.2) is 9.97 Å². The summed E-state index contributed by atoms with van der Waals surface area (Å²) in [7, 11) is 3.86. The standard InChI is InChI=1S/C21H30N6O/c1-26(2)21-22-11-10-17(24-21)16-14-23-25-20(16)18-9-6-12-27(18)19(28)13-15-7-4-3-5-8-15/h10-11,14-15,18H,3-9,12-13H2,1-2H3,(H,23,25). The van der Waals surface area contributed by atoms with Crippen LogP contribution in [0.2, 0.25) is 0 Å². The summed E-state index contributed by atoms with van der Waals surface area (Å²) in [6.45, 7) is 0.835. The number of nitrogens with zero attached hydrogens (tertiary/aromatic N) is 5. The molecule has 2 aliphatic rings. The third kappa shape index (κ3) is 3.88. The lowest BCUT2D eigenvalue weighted by atomic mass is 9.86. The van der Waals surface area contributed by atoms with E-state index >= 15 is 0 Å². The molecule has 2 aromatic rings. The summed E-state index contributed by atoms with van der Waals surface area (Å²) in [6, 6.07) is 1.97. The fourth-order valence-electron chi connectivity index (χ4n) is 4.59. The first-order valence-corrected chi connectivity index (χ1v) is 10.5. The fourth-order valence-corrected chi connectivity index (χ4v) is 4.59. The first kappa shape index (κ1) is 18.9. The van der Waals surface area contributed by atoms with Gasteiger partial charge in [0.25, 0.3) is 0 Å². The number of nitrogens with one attached hydrogen (secondary N) is 1. The second-order valence-corrected chi connectivity index (χ2v) is 8.29. The molecule has 1 atom stereocenters. The number of likely N-dealkylation sites (tertiary alicyclic amines) is 1. The van der Waals surface area contributed by atoms with Crippen molar-refractivity contribution in [2.75, 3.05) is 25.5 Å². The second kappa shape index (κ2) is 8.29. The Kier molecular flexibility index (Phi) is 5.59. The molecule has 4 rings (SSSR count). The molecule has 1 aliphatic carbocycles. The van der Waals surface area contributed by atoms with Crippen LogP contribution in [0.1, 0.15) is 63.1 Å². The van der Waals surface area contributed by atoms with Crippen molar-refractivity contribution in [1.29, 1.82) is 0 Å². The van der Waals surface area contributed by atoms with Crippen LogP contribution in [0, 0.1) is 5.92 Å². The molecule has 1 amide bonds. The van der Waals surface area contributed by atoms with Gasteiger partial charge in [-0.2, -0.15) is 5.10 Å². The Hall–Kier alpha value is -2.44. The van der Waals surface area contributed by atoms with Gasteiger partial charge in [0.1, 0.15) is 0 Å². The largest absolute Gasteiger partial charge is 0.347 e. The number of amides is 1. The van der Waals surface area contributed by atoms with Crippen molar-refractivity contribution in [1.82, 2.24) is 25.1 Å². The third-order valence-electron chi connectivity index (χ3n) is 6.08. The number of H-pyrrole nitrogens is 1. The normalized spacial score (nSPS) is 20.5. The highest BCUT2D eigenvalue weighted by atomic mass is 16.2. The van der Waals surface area contributed by atoms with Crippen molar-refractivity contribution < 1.29 is 4.79 Å². The summed E-state index contributed by atoms with van der Waals surface area (Å²) in [5, 5.41) is 7.46. The molecule has 2 fully saturated rings. The van der Waals surface area contributed by atoms with Crippen LogP contribution in [0.4, 0.5) is 5.95 Å². The van der Waals surface area contributed by atoms with E-state index < -0.39 is 0 Å². The van der Waals surface area contributed by atoms with Crippen molar-refractivity contribution in [3.05, 3.63) is 24.2 Å². The quantitative estimate of drug-likeness (QED) is 0.855. The lowest BCUT2D eigenvalue weighted by Crippen LogP contribution is -2.32. The summed E-state index contributed by atoms with van der Waals surface area (Å²) < 4.78 is 0. The lowest BCUT2D eigenvalue weighted by molar-refractivity contribution is -0.133. The second-order valence-electron chi connectivity index (χ2n) is 8.29. The molecule has 3 heterocycles. The Bertz CT molecular complexity index is 811. The maximum absolute atomic E-state index is 13.1. The summed E-state index contributed by atoms with van der Waals surface area (Å²) in [6.07, 6.45) is 12.6. The Morgan fingerprint density at radius 2 is 2.04 bits per heavy atom. The maximum Gasteiger partial charge on any atom is 0.225 e. The van der Waals surface area contributed by atoms with E-state index in [-0.39, 0.29) is 6.04 Å². The molecular formula is C21H30N6O. The molecule has 1 N–H and O–H groups in total. The van der Waals surface area contributed by atoms with E-state index in [4.69, 9.17) is 0 Å². The van der Waals surface area contributed by atoms with Gasteiger partial charge in [0.15, 0.2) is 0 Å². The van der Waals surface area contributed by atoms with Crippen LogP contribution in [-0.4, -0.2) is 51.6 Å². The van der Waals surface area contributed by atoms with E-state index in [0.717, 1.165) is 36.3 Å². The van der Waals surface area contributed by atoms with Crippen LogP contribution in [0.3, 0.4) is 0 Å². The fraction of sp³-hybridized carbons (Fsp3) is 0.619. The van der Waals surface area contributed by atoms with E-state index in [1.165, 1.54) is 32.1 Å². The molecule has 1 saturated carbocycles. The highest BCUT2D eigenvalue weighted by Crippen LogP contribution is 2.37. The predicted molar refractivity (Wildman–Crippen MR) is 109 cm³/mol. The highest BCUT2D eigenvalue weighted by Gasteiger charge is 2.34. The molecule has 1 saturated heterocycles. The Balaban J connectivity index is 1.55. The number of aromatic nitrogens is 4. The number of carbonyl (C=O) groups excluding carboxylic acids is 1. The van der Waals surface area contributed by atoms with Crippen molar-refractivity contribution in [3.8, 4) is 11.3 Å². The molecule has 7 heteroatoms. The highest BCUT2D eigenvalue weighted by molar-refractivity contribution is 5.78. The molecular weight excluding hydrogens is 352 g/mol. The summed E-state index contributed by atoms with van der Waals surface area (Å²) in [5.74, 6) is 1.53. The molecule has 28 heavy (non-hydrogen) atoms. The summed E-state index contributed by atoms with van der Waals surface area (Å²) in [4.78, 5) is 26.0. The number of hydrogen-bond acceptors (Lipinski definition) is 5. The van der Waals surface area contributed by atoms with Crippen LogP contribution in [0.5, 0.6) is 0 Å². The molecule has 0 aromatic carbocycles. The minimum absolute atomic E-state index is 0.0614. The van der Waals surface area contributed by atoms with E-state index in [9.17, 15) is 4.79 Å². The smallest absolute Gasteiger partial charge is 0.225 e. The zero-order chi connectivity index (χ0) is 19.5. The topological polar surface area (TPSA) is 78.0 Å². The molecule has 2 aromatic heterocycles. The summed E-state index contributed by atoms with van der Waals surface area (Å²) in [5.41, 5.74) is 2.81. The summed E-state index contributed by atoms with van der Waals surface area (Å²) >= 11 is 0. The Labute approximate surface area is 166 Å². The van der Waals surface area contributed by atoms with Gasteiger partial charge in [0, 0.05) is 38.8 Å². The van der Waals surface area contributed by atoms with Crippen LogP contribution >= 0.6 is 0 Å². The van der Waals surface area contributed by atoms with Crippen LogP contribution in [0.15, 0.2) is 18.5 Å². The Morgan fingerprint density at radius 3 is 2.82 bits per heavy atom. The SMILES string of the molecule is CN(C)c1nccc(-c2cn[nH]c2C2CCCN2C(=O)CC2CCCCC2)n1. The molecule has 1 aliphatic heterocycles. The lowest BCUT2D eigenvalue weighted by Gasteiger charge is -2.28. The molecule has 150 valence electrons. The molecule has 0 spiro atoms. The van der Waals surface area contributed by atoms with Crippen LogP contribution in [-0.2, 0) is 4.79 Å². The van der Waals surface area contributed by atoms with Gasteiger partial charge >= 0.3 is 0 Å².